The van der Waals surface area contributed by atoms with Gasteiger partial charge in [-0.1, -0.05) is 25.5 Å². The third-order valence-corrected chi connectivity index (χ3v) is 1.33. The third kappa shape index (κ3) is 1.34. The van der Waals surface area contributed by atoms with Gasteiger partial charge in [0.1, 0.15) is 0 Å². The molecule has 0 bridgehead atoms. The fraction of sp³-hybridized carbons (Fsp3) is 0.714. The highest BCUT2D eigenvalue weighted by Gasteiger charge is 2.05. The molecule has 1 nitrogen and oxygen atoms in total. The Balaban J connectivity index is 2.16. The van der Waals surface area contributed by atoms with E-state index in [9.17, 15) is 0 Å². The minimum Gasteiger partial charge on any atom is -0.370 e. The lowest BCUT2D eigenvalue weighted by Gasteiger charge is -2.03. The van der Waals surface area contributed by atoms with Crippen molar-refractivity contribution in [3.63, 3.8) is 0 Å². The van der Waals surface area contributed by atoms with Crippen LogP contribution in [0.3, 0.4) is 0 Å². The molecule has 0 radical (unpaired) electrons. The summed E-state index contributed by atoms with van der Waals surface area (Å²) in [6.45, 7) is 3.00. The van der Waals surface area contributed by atoms with Gasteiger partial charge in [0.05, 0.1) is 12.7 Å². The first-order valence-electron chi connectivity index (χ1n) is 3.21. The lowest BCUT2D eigenvalue weighted by molar-refractivity contribution is 0.121. The van der Waals surface area contributed by atoms with Gasteiger partial charge in [0.25, 0.3) is 0 Å². The highest BCUT2D eigenvalue weighted by Crippen LogP contribution is 2.08. The van der Waals surface area contributed by atoms with E-state index in [1.54, 1.807) is 0 Å². The topological polar surface area (TPSA) is 9.23 Å². The molecule has 46 valence electrons. The summed E-state index contributed by atoms with van der Waals surface area (Å²) >= 11 is 0. The molecule has 1 unspecified atom stereocenters. The molecule has 0 amide bonds. The molecule has 1 heteroatoms. The zero-order chi connectivity index (χ0) is 5.82. The van der Waals surface area contributed by atoms with Crippen molar-refractivity contribution < 1.29 is 4.74 Å². The van der Waals surface area contributed by atoms with Crippen LogP contribution >= 0.6 is 0 Å². The summed E-state index contributed by atoms with van der Waals surface area (Å²) in [5, 5.41) is 0. The van der Waals surface area contributed by atoms with Crippen LogP contribution in [0.5, 0.6) is 0 Å². The van der Waals surface area contributed by atoms with E-state index in [1.165, 1.54) is 12.8 Å². The predicted octanol–water partition coefficient (Wildman–Crippen LogP) is 1.74. The molecule has 1 atom stereocenters. The van der Waals surface area contributed by atoms with E-state index in [1.807, 2.05) is 0 Å². The fourth-order valence-corrected chi connectivity index (χ4v) is 0.906. The summed E-state index contributed by atoms with van der Waals surface area (Å²) in [6.07, 6.45) is 7.05. The maximum Gasteiger partial charge on any atom is 0.0760 e. The fourth-order valence-electron chi connectivity index (χ4n) is 0.906. The summed E-state index contributed by atoms with van der Waals surface area (Å²) in [4.78, 5) is 0. The Bertz CT molecular complexity index is 86.4. The molecule has 0 spiro atoms. The first-order chi connectivity index (χ1) is 3.93. The van der Waals surface area contributed by atoms with Gasteiger partial charge in [-0.05, 0) is 6.42 Å². The monoisotopic (exact) mass is 112 g/mol. The number of hydrogen-bond acceptors (Lipinski definition) is 1. The van der Waals surface area contributed by atoms with Crippen LogP contribution in [0, 0.1) is 0 Å². The van der Waals surface area contributed by atoms with Crippen molar-refractivity contribution in [3.8, 4) is 0 Å². The smallest absolute Gasteiger partial charge is 0.0760 e. The molecule has 0 saturated heterocycles. The Labute approximate surface area is 50.3 Å². The van der Waals surface area contributed by atoms with Crippen LogP contribution < -0.4 is 0 Å². The van der Waals surface area contributed by atoms with Gasteiger partial charge in [0, 0.05) is 0 Å². The molecular weight excluding hydrogens is 100 g/mol. The lowest BCUT2D eigenvalue weighted by Crippen LogP contribution is -2.02. The molecule has 0 aliphatic carbocycles. The van der Waals surface area contributed by atoms with Gasteiger partial charge in [-0.15, -0.1) is 0 Å². The predicted molar refractivity (Wildman–Crippen MR) is 33.8 cm³/mol. The summed E-state index contributed by atoms with van der Waals surface area (Å²) in [5.41, 5.74) is 0. The third-order valence-electron chi connectivity index (χ3n) is 1.33. The zero-order valence-electron chi connectivity index (χ0n) is 5.26. The van der Waals surface area contributed by atoms with E-state index in [4.69, 9.17) is 4.74 Å². The van der Waals surface area contributed by atoms with Crippen molar-refractivity contribution in [2.45, 2.75) is 25.9 Å². The summed E-state index contributed by atoms with van der Waals surface area (Å²) < 4.78 is 5.28. The maximum absolute atomic E-state index is 5.28. The molecule has 0 aromatic carbocycles. The van der Waals surface area contributed by atoms with E-state index < -0.39 is 0 Å². The molecule has 1 aliphatic rings. The minimum absolute atomic E-state index is 0.431. The molecule has 1 heterocycles. The Morgan fingerprint density at radius 1 is 1.75 bits per heavy atom. The number of hydrogen-bond donors (Lipinski definition) is 0. The Morgan fingerprint density at radius 3 is 3.12 bits per heavy atom. The summed E-state index contributed by atoms with van der Waals surface area (Å²) in [6, 6.07) is 0. The highest BCUT2D eigenvalue weighted by molar-refractivity contribution is 4.95. The number of rotatable bonds is 2. The van der Waals surface area contributed by atoms with E-state index in [2.05, 4.69) is 19.1 Å². The van der Waals surface area contributed by atoms with Crippen LogP contribution in [0.15, 0.2) is 12.2 Å². The average Bonchev–Trinajstić information content (AvgIpc) is 2.19. The zero-order valence-corrected chi connectivity index (χ0v) is 5.26. The second-order valence-electron chi connectivity index (χ2n) is 2.09. The Hall–Kier alpha value is -0.300. The second-order valence-corrected chi connectivity index (χ2v) is 2.09. The molecule has 0 aromatic heterocycles. The molecule has 8 heavy (non-hydrogen) atoms. The lowest BCUT2D eigenvalue weighted by atomic mass is 10.2. The average molecular weight is 112 g/mol. The van der Waals surface area contributed by atoms with Crippen molar-refractivity contribution in [1.82, 2.24) is 0 Å². The minimum atomic E-state index is 0.431. The van der Waals surface area contributed by atoms with E-state index in [-0.39, 0.29) is 0 Å². The van der Waals surface area contributed by atoms with Crippen LogP contribution in [-0.2, 0) is 4.74 Å². The summed E-state index contributed by atoms with van der Waals surface area (Å²) in [7, 11) is 0. The Morgan fingerprint density at radius 2 is 2.62 bits per heavy atom. The van der Waals surface area contributed by atoms with E-state index in [0.29, 0.717) is 6.10 Å². The van der Waals surface area contributed by atoms with Gasteiger partial charge in [-0.25, -0.2) is 0 Å². The van der Waals surface area contributed by atoms with Gasteiger partial charge in [-0.3, -0.25) is 0 Å². The normalized spacial score (nSPS) is 26.9. The van der Waals surface area contributed by atoms with Crippen LogP contribution in [0.1, 0.15) is 19.8 Å². The van der Waals surface area contributed by atoms with Gasteiger partial charge < -0.3 is 4.74 Å². The molecule has 0 saturated carbocycles. The van der Waals surface area contributed by atoms with Gasteiger partial charge in [-0.2, -0.15) is 0 Å². The van der Waals surface area contributed by atoms with Crippen molar-refractivity contribution in [1.29, 1.82) is 0 Å². The highest BCUT2D eigenvalue weighted by atomic mass is 16.5. The van der Waals surface area contributed by atoms with Crippen molar-refractivity contribution in [3.05, 3.63) is 12.2 Å². The van der Waals surface area contributed by atoms with Gasteiger partial charge >= 0.3 is 0 Å². The van der Waals surface area contributed by atoms with Crippen LogP contribution in [0.25, 0.3) is 0 Å². The largest absolute Gasteiger partial charge is 0.370 e. The van der Waals surface area contributed by atoms with E-state index >= 15 is 0 Å². The number of ether oxygens (including phenoxy) is 1. The molecule has 0 fully saturated rings. The quantitative estimate of drug-likeness (QED) is 0.494. The first kappa shape index (κ1) is 5.83. The second kappa shape index (κ2) is 2.88. The summed E-state index contributed by atoms with van der Waals surface area (Å²) in [5.74, 6) is 0. The standard InChI is InChI=1S/C7H12O/c1-2-4-7-5-3-6-8-7/h3,5,7H,2,4,6H2,1H3. The molecule has 0 aromatic rings. The van der Waals surface area contributed by atoms with Crippen LogP contribution in [0.2, 0.25) is 0 Å². The van der Waals surface area contributed by atoms with Gasteiger partial charge in [0.2, 0.25) is 0 Å². The molecule has 1 aliphatic heterocycles. The first-order valence-corrected chi connectivity index (χ1v) is 3.21. The maximum atomic E-state index is 5.28. The van der Waals surface area contributed by atoms with Gasteiger partial charge in [0.15, 0.2) is 0 Å². The Kier molecular flexibility index (Phi) is 2.10. The SMILES string of the molecule is CCCC1C=CCO1. The van der Waals surface area contributed by atoms with Crippen molar-refractivity contribution in [2.24, 2.45) is 0 Å². The van der Waals surface area contributed by atoms with Crippen molar-refractivity contribution >= 4 is 0 Å². The van der Waals surface area contributed by atoms with E-state index in [0.717, 1.165) is 6.61 Å². The molecule has 1 rings (SSSR count). The molecular formula is C7H12O. The van der Waals surface area contributed by atoms with Crippen LogP contribution in [0.4, 0.5) is 0 Å². The molecule has 0 N–H and O–H groups in total. The van der Waals surface area contributed by atoms with Crippen molar-refractivity contribution in [2.75, 3.05) is 6.61 Å². The van der Waals surface area contributed by atoms with Crippen LogP contribution in [-0.4, -0.2) is 12.7 Å².